The SMILES string of the molecule is O=C1C2=Cc3cc(-c4ccccc4)ccc3C2=CC=C1c1ccccc1. The monoisotopic (exact) mass is 332 g/mol. The summed E-state index contributed by atoms with van der Waals surface area (Å²) in [7, 11) is 0. The van der Waals surface area contributed by atoms with Gasteiger partial charge in [-0.25, -0.2) is 0 Å². The first-order valence-corrected chi connectivity index (χ1v) is 8.75. The smallest absolute Gasteiger partial charge is 0.194 e. The van der Waals surface area contributed by atoms with Crippen LogP contribution in [0.15, 0.2) is 96.6 Å². The molecule has 0 aliphatic heterocycles. The second-order valence-electron chi connectivity index (χ2n) is 6.58. The minimum Gasteiger partial charge on any atom is -0.289 e. The number of hydrogen-bond donors (Lipinski definition) is 0. The zero-order chi connectivity index (χ0) is 17.5. The van der Waals surface area contributed by atoms with E-state index in [2.05, 4.69) is 36.4 Å². The van der Waals surface area contributed by atoms with E-state index in [4.69, 9.17) is 0 Å². The highest BCUT2D eigenvalue weighted by Crippen LogP contribution is 2.42. The first kappa shape index (κ1) is 14.9. The predicted molar refractivity (Wildman–Crippen MR) is 107 cm³/mol. The molecular weight excluding hydrogens is 316 g/mol. The van der Waals surface area contributed by atoms with E-state index in [1.807, 2.05) is 60.7 Å². The van der Waals surface area contributed by atoms with Gasteiger partial charge in [0.25, 0.3) is 0 Å². The van der Waals surface area contributed by atoms with Gasteiger partial charge in [-0.3, -0.25) is 4.79 Å². The van der Waals surface area contributed by atoms with Crippen molar-refractivity contribution in [2.24, 2.45) is 0 Å². The first-order chi connectivity index (χ1) is 12.8. The maximum atomic E-state index is 13.1. The summed E-state index contributed by atoms with van der Waals surface area (Å²) < 4.78 is 0. The Morgan fingerprint density at radius 1 is 0.538 bits per heavy atom. The zero-order valence-corrected chi connectivity index (χ0v) is 14.1. The Bertz CT molecular complexity index is 1110. The van der Waals surface area contributed by atoms with Gasteiger partial charge >= 0.3 is 0 Å². The third-order valence-electron chi connectivity index (χ3n) is 5.03. The average molecular weight is 332 g/mol. The zero-order valence-electron chi connectivity index (χ0n) is 14.1. The number of fused-ring (bicyclic) bond motifs is 3. The van der Waals surface area contributed by atoms with Crippen molar-refractivity contribution in [2.75, 3.05) is 0 Å². The van der Waals surface area contributed by atoms with Crippen LogP contribution in [0.3, 0.4) is 0 Å². The fourth-order valence-electron chi connectivity index (χ4n) is 3.72. The standard InChI is InChI=1S/C25H16O/c26-25-22(18-9-5-2-6-10-18)13-14-23-21-12-11-19(15-20(21)16-24(23)25)17-7-3-1-4-8-17/h1-16H. The molecule has 0 spiro atoms. The van der Waals surface area contributed by atoms with E-state index in [1.165, 1.54) is 11.1 Å². The summed E-state index contributed by atoms with van der Waals surface area (Å²) in [6.07, 6.45) is 6.06. The molecule has 1 nitrogen and oxygen atoms in total. The van der Waals surface area contributed by atoms with E-state index in [0.717, 1.165) is 33.4 Å². The Morgan fingerprint density at radius 2 is 1.19 bits per heavy atom. The maximum absolute atomic E-state index is 13.1. The number of carbonyl (C=O) groups excluding carboxylic acids is 1. The topological polar surface area (TPSA) is 17.1 Å². The number of allylic oxidation sites excluding steroid dienone is 5. The Labute approximate surface area is 152 Å². The van der Waals surface area contributed by atoms with Gasteiger partial charge in [0.15, 0.2) is 5.78 Å². The number of ketones is 1. The summed E-state index contributed by atoms with van der Waals surface area (Å²) in [6.45, 7) is 0. The van der Waals surface area contributed by atoms with Gasteiger partial charge in [-0.1, -0.05) is 78.9 Å². The van der Waals surface area contributed by atoms with E-state index in [0.29, 0.717) is 0 Å². The highest BCUT2D eigenvalue weighted by molar-refractivity contribution is 6.38. The quantitative estimate of drug-likeness (QED) is 0.579. The van der Waals surface area contributed by atoms with Gasteiger partial charge < -0.3 is 0 Å². The molecule has 0 fully saturated rings. The highest BCUT2D eigenvalue weighted by Gasteiger charge is 2.29. The van der Waals surface area contributed by atoms with Gasteiger partial charge in [0.1, 0.15) is 0 Å². The lowest BCUT2D eigenvalue weighted by Gasteiger charge is -2.14. The highest BCUT2D eigenvalue weighted by atomic mass is 16.1. The molecule has 0 amide bonds. The van der Waals surface area contributed by atoms with E-state index in [-0.39, 0.29) is 5.78 Å². The predicted octanol–water partition coefficient (Wildman–Crippen LogP) is 5.80. The van der Waals surface area contributed by atoms with Crippen molar-refractivity contribution in [3.8, 4) is 11.1 Å². The number of carbonyl (C=O) groups is 1. The summed E-state index contributed by atoms with van der Waals surface area (Å²) in [5, 5.41) is 0. The Hall–Kier alpha value is -3.45. The summed E-state index contributed by atoms with van der Waals surface area (Å²) in [5.74, 6) is 0.103. The first-order valence-electron chi connectivity index (χ1n) is 8.75. The van der Waals surface area contributed by atoms with Crippen LogP contribution in [-0.2, 0) is 4.79 Å². The Kier molecular flexibility index (Phi) is 3.32. The lowest BCUT2D eigenvalue weighted by molar-refractivity contribution is -0.110. The number of benzene rings is 3. The molecule has 0 unspecified atom stereocenters. The number of rotatable bonds is 2. The van der Waals surface area contributed by atoms with Crippen LogP contribution in [0.2, 0.25) is 0 Å². The molecule has 1 heteroatoms. The van der Waals surface area contributed by atoms with Crippen LogP contribution in [0.4, 0.5) is 0 Å². The summed E-state index contributed by atoms with van der Waals surface area (Å²) in [6, 6.07) is 26.6. The van der Waals surface area contributed by atoms with Gasteiger partial charge in [-0.15, -0.1) is 0 Å². The number of Topliss-reactive ketones (excluding diaryl/α,β-unsaturated/α-hetero) is 1. The van der Waals surface area contributed by atoms with E-state index in [1.54, 1.807) is 0 Å². The maximum Gasteiger partial charge on any atom is 0.194 e. The minimum absolute atomic E-state index is 0.103. The van der Waals surface area contributed by atoms with Crippen LogP contribution in [-0.4, -0.2) is 5.78 Å². The van der Waals surface area contributed by atoms with Crippen molar-refractivity contribution < 1.29 is 4.79 Å². The summed E-state index contributed by atoms with van der Waals surface area (Å²) in [4.78, 5) is 13.1. The molecule has 0 N–H and O–H groups in total. The molecule has 0 bridgehead atoms. The molecule has 3 aromatic carbocycles. The van der Waals surface area contributed by atoms with Crippen molar-refractivity contribution in [3.63, 3.8) is 0 Å². The molecule has 26 heavy (non-hydrogen) atoms. The van der Waals surface area contributed by atoms with Crippen molar-refractivity contribution in [3.05, 3.63) is 113 Å². The molecule has 0 aromatic heterocycles. The van der Waals surface area contributed by atoms with Gasteiger partial charge in [-0.2, -0.15) is 0 Å². The second-order valence-corrected chi connectivity index (χ2v) is 6.58. The van der Waals surface area contributed by atoms with Crippen LogP contribution >= 0.6 is 0 Å². The van der Waals surface area contributed by atoms with Gasteiger partial charge in [-0.05, 0) is 51.6 Å². The van der Waals surface area contributed by atoms with Crippen molar-refractivity contribution in [1.82, 2.24) is 0 Å². The molecule has 2 aliphatic carbocycles. The van der Waals surface area contributed by atoms with Gasteiger partial charge in [0, 0.05) is 11.1 Å². The van der Waals surface area contributed by atoms with Gasteiger partial charge in [0.2, 0.25) is 0 Å². The molecule has 0 radical (unpaired) electrons. The Balaban J connectivity index is 1.58. The van der Waals surface area contributed by atoms with Crippen LogP contribution in [0, 0.1) is 0 Å². The van der Waals surface area contributed by atoms with E-state index < -0.39 is 0 Å². The molecule has 0 saturated carbocycles. The molecule has 0 saturated heterocycles. The third kappa shape index (κ3) is 2.29. The largest absolute Gasteiger partial charge is 0.289 e. The molecule has 3 aromatic rings. The summed E-state index contributed by atoms with van der Waals surface area (Å²) in [5.41, 5.74) is 8.17. The van der Waals surface area contributed by atoms with Crippen molar-refractivity contribution in [2.45, 2.75) is 0 Å². The summed E-state index contributed by atoms with van der Waals surface area (Å²) >= 11 is 0. The molecule has 122 valence electrons. The number of hydrogen-bond acceptors (Lipinski definition) is 1. The second kappa shape index (κ2) is 5.82. The molecular formula is C25H16O. The molecule has 2 aliphatic rings. The Morgan fingerprint density at radius 3 is 1.92 bits per heavy atom. The third-order valence-corrected chi connectivity index (χ3v) is 5.03. The van der Waals surface area contributed by atoms with Crippen LogP contribution in [0.25, 0.3) is 28.3 Å². The fraction of sp³-hybridized carbons (Fsp3) is 0. The lowest BCUT2D eigenvalue weighted by atomic mass is 9.88. The van der Waals surface area contributed by atoms with Gasteiger partial charge in [0.05, 0.1) is 0 Å². The van der Waals surface area contributed by atoms with Crippen molar-refractivity contribution in [1.29, 1.82) is 0 Å². The van der Waals surface area contributed by atoms with Crippen LogP contribution in [0.1, 0.15) is 16.7 Å². The molecule has 5 rings (SSSR count). The van der Waals surface area contributed by atoms with Crippen LogP contribution in [0.5, 0.6) is 0 Å². The minimum atomic E-state index is 0.103. The van der Waals surface area contributed by atoms with E-state index >= 15 is 0 Å². The van der Waals surface area contributed by atoms with Crippen LogP contribution < -0.4 is 0 Å². The van der Waals surface area contributed by atoms with Crippen molar-refractivity contribution >= 4 is 23.0 Å². The molecule has 0 heterocycles. The lowest BCUT2D eigenvalue weighted by Crippen LogP contribution is -2.08. The van der Waals surface area contributed by atoms with E-state index in [9.17, 15) is 4.79 Å². The molecule has 0 atom stereocenters. The average Bonchev–Trinajstić information content (AvgIpc) is 3.08. The fourth-order valence-corrected chi connectivity index (χ4v) is 3.72. The normalized spacial score (nSPS) is 14.9.